The molecule has 3 rings (SSSR count). The van der Waals surface area contributed by atoms with E-state index in [0.717, 1.165) is 17.7 Å². The molecule has 2 aliphatic carbocycles. The summed E-state index contributed by atoms with van der Waals surface area (Å²) in [7, 11) is 0. The van der Waals surface area contributed by atoms with Crippen LogP contribution in [0.25, 0.3) is 0 Å². The van der Waals surface area contributed by atoms with E-state index in [-0.39, 0.29) is 5.78 Å². The summed E-state index contributed by atoms with van der Waals surface area (Å²) in [6, 6.07) is 5.95. The molecule has 2 aliphatic rings. The van der Waals surface area contributed by atoms with Gasteiger partial charge < -0.3 is 4.74 Å². The number of Topliss-reactive ketones (excluding diaryl/α,β-unsaturated/α-hetero) is 1. The summed E-state index contributed by atoms with van der Waals surface area (Å²) in [6.45, 7) is 0. The first-order chi connectivity index (χ1) is 8.33. The van der Waals surface area contributed by atoms with Crippen molar-refractivity contribution in [2.75, 3.05) is 0 Å². The van der Waals surface area contributed by atoms with Gasteiger partial charge in [-0.2, -0.15) is 0 Å². The van der Waals surface area contributed by atoms with Gasteiger partial charge in [-0.25, -0.2) is 0 Å². The lowest BCUT2D eigenvalue weighted by molar-refractivity contribution is 0.0994. The lowest BCUT2D eigenvalue weighted by atomic mass is 9.98. The quantitative estimate of drug-likeness (QED) is 0.777. The predicted molar refractivity (Wildman–Crippen MR) is 66.6 cm³/mol. The van der Waals surface area contributed by atoms with Gasteiger partial charge >= 0.3 is 0 Å². The van der Waals surface area contributed by atoms with Gasteiger partial charge in [0.15, 0.2) is 5.78 Å². The Labute approximate surface area is 102 Å². The summed E-state index contributed by atoms with van der Waals surface area (Å²) in [5, 5.41) is 0. The Morgan fingerprint density at radius 3 is 2.71 bits per heavy atom. The van der Waals surface area contributed by atoms with Gasteiger partial charge in [-0.15, -0.1) is 0 Å². The molecule has 1 aromatic carbocycles. The molecule has 90 valence electrons. The molecule has 0 unspecified atom stereocenters. The monoisotopic (exact) mass is 230 g/mol. The van der Waals surface area contributed by atoms with Gasteiger partial charge in [0, 0.05) is 12.0 Å². The summed E-state index contributed by atoms with van der Waals surface area (Å²) in [6.07, 6.45) is 8.21. The molecule has 0 N–H and O–H groups in total. The van der Waals surface area contributed by atoms with Crippen LogP contribution in [-0.4, -0.2) is 11.9 Å². The molecule has 1 saturated carbocycles. The molecule has 2 nitrogen and oxygen atoms in total. The van der Waals surface area contributed by atoms with Crippen molar-refractivity contribution in [2.45, 2.75) is 51.0 Å². The van der Waals surface area contributed by atoms with Crippen LogP contribution in [0, 0.1) is 0 Å². The lowest BCUT2D eigenvalue weighted by Crippen LogP contribution is -2.19. The molecular formula is C15H18O2. The van der Waals surface area contributed by atoms with E-state index >= 15 is 0 Å². The van der Waals surface area contributed by atoms with Crippen molar-refractivity contribution in [3.05, 3.63) is 29.3 Å². The Bertz CT molecular complexity index is 431. The Morgan fingerprint density at radius 1 is 1.06 bits per heavy atom. The smallest absolute Gasteiger partial charge is 0.163 e. The molecule has 0 atom stereocenters. The van der Waals surface area contributed by atoms with E-state index in [0.29, 0.717) is 12.5 Å². The number of carbonyl (C=O) groups excluding carboxylic acids is 1. The van der Waals surface area contributed by atoms with Gasteiger partial charge in [0.2, 0.25) is 0 Å². The zero-order valence-electron chi connectivity index (χ0n) is 10.1. The highest BCUT2D eigenvalue weighted by Crippen LogP contribution is 2.28. The van der Waals surface area contributed by atoms with Gasteiger partial charge in [-0.1, -0.05) is 6.42 Å². The first-order valence-corrected chi connectivity index (χ1v) is 6.66. The van der Waals surface area contributed by atoms with E-state index in [1.54, 1.807) is 0 Å². The van der Waals surface area contributed by atoms with Crippen LogP contribution in [-0.2, 0) is 6.42 Å². The van der Waals surface area contributed by atoms with Crippen LogP contribution in [0.1, 0.15) is 54.4 Å². The molecule has 17 heavy (non-hydrogen) atoms. The lowest BCUT2D eigenvalue weighted by Gasteiger charge is -2.23. The van der Waals surface area contributed by atoms with Crippen molar-refractivity contribution >= 4 is 5.78 Å². The normalized spacial score (nSPS) is 20.4. The summed E-state index contributed by atoms with van der Waals surface area (Å²) in [5.74, 6) is 1.23. The average Bonchev–Trinajstić information content (AvgIpc) is 2.72. The minimum absolute atomic E-state index is 0.282. The third kappa shape index (κ3) is 2.21. The number of ether oxygens (including phenoxy) is 1. The van der Waals surface area contributed by atoms with Crippen molar-refractivity contribution in [2.24, 2.45) is 0 Å². The van der Waals surface area contributed by atoms with Crippen molar-refractivity contribution < 1.29 is 9.53 Å². The third-order valence-corrected chi connectivity index (χ3v) is 3.85. The number of benzene rings is 1. The van der Waals surface area contributed by atoms with Crippen LogP contribution in [0.3, 0.4) is 0 Å². The van der Waals surface area contributed by atoms with E-state index in [1.807, 2.05) is 12.1 Å². The summed E-state index contributed by atoms with van der Waals surface area (Å²) < 4.78 is 6.00. The number of hydrogen-bond donors (Lipinski definition) is 0. The average molecular weight is 230 g/mol. The van der Waals surface area contributed by atoms with Crippen LogP contribution in [0.5, 0.6) is 5.75 Å². The first kappa shape index (κ1) is 10.8. The van der Waals surface area contributed by atoms with Crippen LogP contribution in [0.15, 0.2) is 18.2 Å². The van der Waals surface area contributed by atoms with Crippen LogP contribution in [0.4, 0.5) is 0 Å². The molecule has 0 heterocycles. The zero-order chi connectivity index (χ0) is 11.7. The fourth-order valence-corrected chi connectivity index (χ4v) is 2.88. The molecule has 0 bridgehead atoms. The summed E-state index contributed by atoms with van der Waals surface area (Å²) >= 11 is 0. The molecule has 1 aromatic rings. The molecular weight excluding hydrogens is 212 g/mol. The second-order valence-electron chi connectivity index (χ2n) is 5.12. The number of ketones is 1. The number of rotatable bonds is 2. The van der Waals surface area contributed by atoms with Crippen LogP contribution in [0.2, 0.25) is 0 Å². The highest BCUT2D eigenvalue weighted by Gasteiger charge is 2.21. The van der Waals surface area contributed by atoms with Gasteiger partial charge in [-0.05, 0) is 55.9 Å². The third-order valence-electron chi connectivity index (χ3n) is 3.85. The van der Waals surface area contributed by atoms with E-state index in [9.17, 15) is 4.79 Å². The minimum Gasteiger partial charge on any atom is -0.490 e. The number of fused-ring (bicyclic) bond motifs is 1. The standard InChI is InChI=1S/C15H18O2/c16-15-9-6-11-10-13(7-8-14(11)15)17-12-4-2-1-3-5-12/h7-8,10,12H,1-6,9H2. The zero-order valence-corrected chi connectivity index (χ0v) is 10.1. The fraction of sp³-hybridized carbons (Fsp3) is 0.533. The minimum atomic E-state index is 0.282. The maximum Gasteiger partial charge on any atom is 0.163 e. The van der Waals surface area contributed by atoms with E-state index < -0.39 is 0 Å². The Hall–Kier alpha value is -1.31. The number of aryl methyl sites for hydroxylation is 1. The second kappa shape index (κ2) is 4.52. The molecule has 0 aromatic heterocycles. The fourth-order valence-electron chi connectivity index (χ4n) is 2.88. The Kier molecular flexibility index (Phi) is 2.87. The molecule has 1 fully saturated rings. The van der Waals surface area contributed by atoms with Crippen LogP contribution < -0.4 is 4.74 Å². The predicted octanol–water partition coefficient (Wildman–Crippen LogP) is 3.53. The summed E-state index contributed by atoms with van der Waals surface area (Å²) in [5.41, 5.74) is 2.07. The highest BCUT2D eigenvalue weighted by molar-refractivity contribution is 6.00. The number of hydrogen-bond acceptors (Lipinski definition) is 2. The van der Waals surface area contributed by atoms with Gasteiger partial charge in [0.1, 0.15) is 5.75 Å². The van der Waals surface area contributed by atoms with E-state index in [1.165, 1.54) is 37.7 Å². The van der Waals surface area contributed by atoms with Crippen LogP contribution >= 0.6 is 0 Å². The largest absolute Gasteiger partial charge is 0.490 e. The Morgan fingerprint density at radius 2 is 1.88 bits per heavy atom. The summed E-state index contributed by atoms with van der Waals surface area (Å²) in [4.78, 5) is 11.5. The molecule has 0 amide bonds. The maximum absolute atomic E-state index is 11.5. The molecule has 0 radical (unpaired) electrons. The van der Waals surface area contributed by atoms with Gasteiger partial charge in [0.25, 0.3) is 0 Å². The van der Waals surface area contributed by atoms with Crippen molar-refractivity contribution in [3.63, 3.8) is 0 Å². The van der Waals surface area contributed by atoms with Crippen molar-refractivity contribution in [1.29, 1.82) is 0 Å². The molecule has 0 saturated heterocycles. The Balaban J connectivity index is 1.73. The topological polar surface area (TPSA) is 26.3 Å². The second-order valence-corrected chi connectivity index (χ2v) is 5.12. The molecule has 2 heteroatoms. The van der Waals surface area contributed by atoms with E-state index in [4.69, 9.17) is 4.74 Å². The molecule has 0 aliphatic heterocycles. The maximum atomic E-state index is 11.5. The van der Waals surface area contributed by atoms with Gasteiger partial charge in [0.05, 0.1) is 6.10 Å². The molecule has 0 spiro atoms. The first-order valence-electron chi connectivity index (χ1n) is 6.66. The van der Waals surface area contributed by atoms with Crippen molar-refractivity contribution in [3.8, 4) is 5.75 Å². The van der Waals surface area contributed by atoms with Crippen molar-refractivity contribution in [1.82, 2.24) is 0 Å². The van der Waals surface area contributed by atoms with Gasteiger partial charge in [-0.3, -0.25) is 4.79 Å². The van der Waals surface area contributed by atoms with E-state index in [2.05, 4.69) is 6.07 Å². The SMILES string of the molecule is O=C1CCc2cc(OC3CCCCC3)ccc21. The highest BCUT2D eigenvalue weighted by atomic mass is 16.5. The number of carbonyl (C=O) groups is 1.